The Kier molecular flexibility index (Phi) is 3.52. The van der Waals surface area contributed by atoms with Crippen molar-refractivity contribution in [3.63, 3.8) is 0 Å². The maximum absolute atomic E-state index is 12.3. The minimum Gasteiger partial charge on any atom is -0.397 e. The Labute approximate surface area is 110 Å². The molecule has 2 heterocycles. The molecule has 0 bridgehead atoms. The Morgan fingerprint density at radius 1 is 1.44 bits per heavy atom. The van der Waals surface area contributed by atoms with Crippen LogP contribution in [0.1, 0.15) is 29.1 Å². The van der Waals surface area contributed by atoms with E-state index in [4.69, 9.17) is 5.73 Å². The monoisotopic (exact) mass is 263 g/mol. The van der Waals surface area contributed by atoms with Crippen LogP contribution in [0.4, 0.5) is 5.69 Å². The van der Waals surface area contributed by atoms with Crippen LogP contribution in [-0.2, 0) is 0 Å². The van der Waals surface area contributed by atoms with Gasteiger partial charge >= 0.3 is 0 Å². The summed E-state index contributed by atoms with van der Waals surface area (Å²) in [5.74, 6) is -0.0000926. The quantitative estimate of drug-likeness (QED) is 0.926. The van der Waals surface area contributed by atoms with Crippen molar-refractivity contribution in [3.8, 4) is 0 Å². The third-order valence-electron chi connectivity index (χ3n) is 3.08. The largest absolute Gasteiger partial charge is 0.397 e. The lowest BCUT2D eigenvalue weighted by molar-refractivity contribution is 0.0779. The number of aryl methyl sites for hydroxylation is 1. The van der Waals surface area contributed by atoms with Gasteiger partial charge in [-0.15, -0.1) is 11.3 Å². The summed E-state index contributed by atoms with van der Waals surface area (Å²) < 4.78 is 0. The number of hydrogen-bond donors (Lipinski definition) is 1. The first-order chi connectivity index (χ1) is 8.60. The van der Waals surface area contributed by atoms with E-state index in [2.05, 4.69) is 4.98 Å². The Morgan fingerprint density at radius 2 is 2.11 bits per heavy atom. The third kappa shape index (κ3) is 1.95. The summed E-state index contributed by atoms with van der Waals surface area (Å²) in [6.07, 6.45) is 1.75. The molecule has 0 aliphatic carbocycles. The second-order valence-electron chi connectivity index (χ2n) is 4.13. The van der Waals surface area contributed by atoms with Gasteiger partial charge < -0.3 is 10.6 Å². The third-order valence-corrected chi connectivity index (χ3v) is 4.18. The Bertz CT molecular complexity index is 587. The van der Waals surface area contributed by atoms with Gasteiger partial charge in [0.25, 0.3) is 5.91 Å². The van der Waals surface area contributed by atoms with Crippen LogP contribution >= 0.6 is 11.3 Å². The molecule has 2 N–H and O–H groups in total. The number of nitrogens with zero attached hydrogens (tertiary/aromatic N) is 2. The van der Waals surface area contributed by atoms with Crippen molar-refractivity contribution >= 4 is 33.1 Å². The Balaban J connectivity index is 2.56. The highest BCUT2D eigenvalue weighted by Gasteiger charge is 2.21. The van der Waals surface area contributed by atoms with Crippen LogP contribution in [0.25, 0.3) is 10.2 Å². The fraction of sp³-hybridized carbons (Fsp3) is 0.385. The van der Waals surface area contributed by atoms with Crippen LogP contribution in [0.2, 0.25) is 0 Å². The average Bonchev–Trinajstić information content (AvgIpc) is 2.69. The number of thiophene rings is 1. The Morgan fingerprint density at radius 3 is 2.67 bits per heavy atom. The van der Waals surface area contributed by atoms with E-state index in [-0.39, 0.29) is 5.91 Å². The zero-order valence-corrected chi connectivity index (χ0v) is 11.7. The second kappa shape index (κ2) is 4.94. The number of aromatic nitrogens is 1. The van der Waals surface area contributed by atoms with Crippen LogP contribution < -0.4 is 5.73 Å². The summed E-state index contributed by atoms with van der Waals surface area (Å²) in [6, 6.07) is 1.91. The van der Waals surface area contributed by atoms with Crippen LogP contribution in [0.5, 0.6) is 0 Å². The number of pyridine rings is 1. The summed E-state index contributed by atoms with van der Waals surface area (Å²) in [5, 5.41) is 0.915. The number of carbonyl (C=O) groups is 1. The molecular weight excluding hydrogens is 246 g/mol. The number of nitrogen functional groups attached to an aromatic ring is 1. The summed E-state index contributed by atoms with van der Waals surface area (Å²) in [7, 11) is 0. The van der Waals surface area contributed by atoms with Gasteiger partial charge in [0.05, 0.1) is 5.69 Å². The molecule has 0 saturated carbocycles. The number of fused-ring (bicyclic) bond motifs is 1. The van der Waals surface area contributed by atoms with E-state index >= 15 is 0 Å². The van der Waals surface area contributed by atoms with Crippen molar-refractivity contribution in [3.05, 3.63) is 22.7 Å². The van der Waals surface area contributed by atoms with Crippen molar-refractivity contribution in [2.45, 2.75) is 20.8 Å². The SMILES string of the molecule is CCN(CC)C(=O)c1sc2nccc(C)c2c1N. The fourth-order valence-corrected chi connectivity index (χ4v) is 3.13. The van der Waals surface area contributed by atoms with Crippen molar-refractivity contribution in [1.82, 2.24) is 9.88 Å². The summed E-state index contributed by atoms with van der Waals surface area (Å²) >= 11 is 1.38. The van der Waals surface area contributed by atoms with Crippen LogP contribution in [0.3, 0.4) is 0 Å². The highest BCUT2D eigenvalue weighted by Crippen LogP contribution is 2.34. The van der Waals surface area contributed by atoms with E-state index < -0.39 is 0 Å². The van der Waals surface area contributed by atoms with E-state index in [0.717, 1.165) is 15.8 Å². The molecule has 0 aliphatic rings. The highest BCUT2D eigenvalue weighted by atomic mass is 32.1. The van der Waals surface area contributed by atoms with Gasteiger partial charge in [0.2, 0.25) is 0 Å². The molecule has 0 aromatic carbocycles. The van der Waals surface area contributed by atoms with Crippen LogP contribution in [0, 0.1) is 6.92 Å². The molecule has 2 aromatic heterocycles. The number of rotatable bonds is 3. The van der Waals surface area contributed by atoms with Crippen molar-refractivity contribution in [2.24, 2.45) is 0 Å². The lowest BCUT2D eigenvalue weighted by Crippen LogP contribution is -2.30. The minimum absolute atomic E-state index is 0.0000926. The number of anilines is 1. The van der Waals surface area contributed by atoms with Gasteiger partial charge in [-0.3, -0.25) is 4.79 Å². The number of nitrogens with two attached hydrogens (primary N) is 1. The van der Waals surface area contributed by atoms with Gasteiger partial charge in [0, 0.05) is 24.7 Å². The smallest absolute Gasteiger partial charge is 0.266 e. The number of amides is 1. The van der Waals surface area contributed by atoms with Crippen molar-refractivity contribution < 1.29 is 4.79 Å². The molecular formula is C13H17N3OS. The maximum Gasteiger partial charge on any atom is 0.266 e. The van der Waals surface area contributed by atoms with Gasteiger partial charge in [-0.1, -0.05) is 0 Å². The second-order valence-corrected chi connectivity index (χ2v) is 5.13. The minimum atomic E-state index is -0.0000926. The molecule has 0 fully saturated rings. The van der Waals surface area contributed by atoms with Gasteiger partial charge in [0.15, 0.2) is 0 Å². The lowest BCUT2D eigenvalue weighted by Gasteiger charge is -2.17. The first-order valence-corrected chi connectivity index (χ1v) is 6.84. The van der Waals surface area contributed by atoms with E-state index in [1.165, 1.54) is 11.3 Å². The van der Waals surface area contributed by atoms with Crippen molar-refractivity contribution in [2.75, 3.05) is 18.8 Å². The maximum atomic E-state index is 12.3. The molecule has 96 valence electrons. The molecule has 1 amide bonds. The molecule has 0 aliphatic heterocycles. The molecule has 0 unspecified atom stereocenters. The van der Waals surface area contributed by atoms with E-state index in [9.17, 15) is 4.79 Å². The molecule has 0 saturated heterocycles. The molecule has 0 radical (unpaired) electrons. The molecule has 4 nitrogen and oxygen atoms in total. The zero-order valence-electron chi connectivity index (χ0n) is 10.9. The first-order valence-electron chi connectivity index (χ1n) is 6.03. The van der Waals surface area contributed by atoms with E-state index in [0.29, 0.717) is 23.7 Å². The van der Waals surface area contributed by atoms with Crippen LogP contribution in [-0.4, -0.2) is 28.9 Å². The molecule has 2 rings (SSSR count). The summed E-state index contributed by atoms with van der Waals surface area (Å²) in [6.45, 7) is 7.30. The molecule has 0 atom stereocenters. The molecule has 2 aromatic rings. The standard InChI is InChI=1S/C13H17N3OS/c1-4-16(5-2)13(17)11-10(14)9-8(3)6-7-15-12(9)18-11/h6-7H,4-5,14H2,1-3H3. The molecule has 0 spiro atoms. The predicted octanol–water partition coefficient (Wildman–Crippen LogP) is 2.67. The summed E-state index contributed by atoms with van der Waals surface area (Å²) in [4.78, 5) is 19.8. The summed E-state index contributed by atoms with van der Waals surface area (Å²) in [5.41, 5.74) is 7.74. The average molecular weight is 263 g/mol. The van der Waals surface area contributed by atoms with Crippen LogP contribution in [0.15, 0.2) is 12.3 Å². The van der Waals surface area contributed by atoms with Gasteiger partial charge in [-0.05, 0) is 32.4 Å². The zero-order chi connectivity index (χ0) is 13.3. The highest BCUT2D eigenvalue weighted by molar-refractivity contribution is 7.21. The molecule has 5 heteroatoms. The fourth-order valence-electron chi connectivity index (χ4n) is 2.02. The molecule has 18 heavy (non-hydrogen) atoms. The van der Waals surface area contributed by atoms with Crippen molar-refractivity contribution in [1.29, 1.82) is 0 Å². The number of hydrogen-bond acceptors (Lipinski definition) is 4. The topological polar surface area (TPSA) is 59.2 Å². The number of carbonyl (C=O) groups excluding carboxylic acids is 1. The van der Waals surface area contributed by atoms with Gasteiger partial charge in [-0.25, -0.2) is 4.98 Å². The van der Waals surface area contributed by atoms with Gasteiger partial charge in [0.1, 0.15) is 9.71 Å². The predicted molar refractivity (Wildman–Crippen MR) is 76.0 cm³/mol. The normalized spacial score (nSPS) is 10.8. The first kappa shape index (κ1) is 12.8. The lowest BCUT2D eigenvalue weighted by atomic mass is 10.1. The van der Waals surface area contributed by atoms with E-state index in [1.807, 2.05) is 26.8 Å². The van der Waals surface area contributed by atoms with Gasteiger partial charge in [-0.2, -0.15) is 0 Å². The Hall–Kier alpha value is -1.62. The van der Waals surface area contributed by atoms with E-state index in [1.54, 1.807) is 11.1 Å².